The zero-order valence-corrected chi connectivity index (χ0v) is 15.8. The van der Waals surface area contributed by atoms with Crippen molar-refractivity contribution in [1.29, 1.82) is 0 Å². The monoisotopic (exact) mass is 381 g/mol. The van der Waals surface area contributed by atoms with Crippen LogP contribution in [-0.4, -0.2) is 36.3 Å². The fourth-order valence-electron chi connectivity index (χ4n) is 2.63. The molecule has 0 radical (unpaired) electrons. The minimum atomic E-state index is -0.0267. The highest BCUT2D eigenvalue weighted by Crippen LogP contribution is 2.26. The highest BCUT2D eigenvalue weighted by atomic mass is 16.5. The summed E-state index contributed by atoms with van der Waals surface area (Å²) in [6, 6.07) is 17.0. The first-order chi connectivity index (χ1) is 13.8. The first kappa shape index (κ1) is 19.4. The molecule has 28 heavy (non-hydrogen) atoms. The summed E-state index contributed by atoms with van der Waals surface area (Å²) >= 11 is 0. The third kappa shape index (κ3) is 5.57. The second kappa shape index (κ2) is 10.1. The lowest BCUT2D eigenvalue weighted by Crippen LogP contribution is -2.25. The molecular weight excluding hydrogens is 358 g/mol. The molecule has 1 heterocycles. The summed E-state index contributed by atoms with van der Waals surface area (Å²) in [5.41, 5.74) is 0.766. The first-order valence-corrected chi connectivity index (χ1v) is 9.17. The van der Waals surface area contributed by atoms with Crippen LogP contribution in [-0.2, 0) is 11.2 Å². The summed E-state index contributed by atoms with van der Waals surface area (Å²) in [5.74, 6) is 2.40. The Morgan fingerprint density at radius 2 is 1.89 bits per heavy atom. The third-order valence-electron chi connectivity index (χ3n) is 4.04. The van der Waals surface area contributed by atoms with E-state index in [1.54, 1.807) is 7.11 Å². The van der Waals surface area contributed by atoms with Gasteiger partial charge in [0, 0.05) is 19.4 Å². The van der Waals surface area contributed by atoms with E-state index in [9.17, 15) is 4.79 Å². The first-order valence-electron chi connectivity index (χ1n) is 9.17. The smallest absolute Gasteiger partial charge is 0.228 e. The Labute approximate surface area is 163 Å². The fraction of sp³-hybridized carbons (Fsp3) is 0.286. The molecule has 1 amide bonds. The van der Waals surface area contributed by atoms with Crippen LogP contribution in [0.2, 0.25) is 0 Å². The molecule has 0 unspecified atom stereocenters. The second-order valence-electron chi connectivity index (χ2n) is 6.08. The predicted molar refractivity (Wildman–Crippen MR) is 104 cm³/mol. The van der Waals surface area contributed by atoms with E-state index >= 15 is 0 Å². The summed E-state index contributed by atoms with van der Waals surface area (Å²) in [6.07, 6.45) is 1.52. The topological polar surface area (TPSA) is 86.5 Å². The average molecular weight is 381 g/mol. The molecule has 0 fully saturated rings. The number of carbonyl (C=O) groups is 1. The fourth-order valence-corrected chi connectivity index (χ4v) is 2.63. The predicted octanol–water partition coefficient (Wildman–Crippen LogP) is 3.26. The van der Waals surface area contributed by atoms with E-state index in [0.29, 0.717) is 49.9 Å². The Hall–Kier alpha value is -3.35. The highest BCUT2D eigenvalue weighted by Gasteiger charge is 2.12. The van der Waals surface area contributed by atoms with Gasteiger partial charge in [0.1, 0.15) is 11.5 Å². The third-order valence-corrected chi connectivity index (χ3v) is 4.04. The number of para-hydroxylation sites is 2. The number of ether oxygens (including phenoxy) is 2. The molecule has 0 saturated carbocycles. The van der Waals surface area contributed by atoms with Gasteiger partial charge < -0.3 is 19.3 Å². The van der Waals surface area contributed by atoms with Crippen molar-refractivity contribution in [2.75, 3.05) is 20.3 Å². The van der Waals surface area contributed by atoms with Gasteiger partial charge in [-0.1, -0.05) is 35.5 Å². The largest absolute Gasteiger partial charge is 0.496 e. The van der Waals surface area contributed by atoms with Gasteiger partial charge in [-0.15, -0.1) is 0 Å². The van der Waals surface area contributed by atoms with Gasteiger partial charge in [0.15, 0.2) is 0 Å². The number of hydrogen-bond donors (Lipinski definition) is 1. The van der Waals surface area contributed by atoms with E-state index in [4.69, 9.17) is 14.0 Å². The summed E-state index contributed by atoms with van der Waals surface area (Å²) in [5, 5.41) is 6.84. The molecule has 146 valence electrons. The minimum absolute atomic E-state index is 0.0267. The number of carbonyl (C=O) groups excluding carboxylic acids is 1. The van der Waals surface area contributed by atoms with Crippen LogP contribution < -0.4 is 14.8 Å². The Morgan fingerprint density at radius 3 is 2.71 bits per heavy atom. The summed E-state index contributed by atoms with van der Waals surface area (Å²) < 4.78 is 16.1. The number of hydrogen-bond acceptors (Lipinski definition) is 6. The van der Waals surface area contributed by atoms with Crippen LogP contribution in [0.3, 0.4) is 0 Å². The van der Waals surface area contributed by atoms with Crippen LogP contribution in [0.15, 0.2) is 59.1 Å². The van der Waals surface area contributed by atoms with Crippen LogP contribution in [0.25, 0.3) is 11.4 Å². The zero-order chi connectivity index (χ0) is 19.6. The van der Waals surface area contributed by atoms with Gasteiger partial charge in [-0.05, 0) is 30.7 Å². The van der Waals surface area contributed by atoms with E-state index < -0.39 is 0 Å². The van der Waals surface area contributed by atoms with Gasteiger partial charge in [-0.2, -0.15) is 4.98 Å². The molecule has 1 N–H and O–H groups in total. The van der Waals surface area contributed by atoms with Gasteiger partial charge in [0.05, 0.1) is 19.3 Å². The average Bonchev–Trinajstić information content (AvgIpc) is 3.20. The van der Waals surface area contributed by atoms with Crippen LogP contribution in [0.4, 0.5) is 0 Å². The molecule has 0 aliphatic heterocycles. The maximum atomic E-state index is 11.9. The van der Waals surface area contributed by atoms with Crippen molar-refractivity contribution >= 4 is 5.91 Å². The molecule has 0 aliphatic rings. The zero-order valence-electron chi connectivity index (χ0n) is 15.8. The van der Waals surface area contributed by atoms with Crippen LogP contribution in [0, 0.1) is 0 Å². The van der Waals surface area contributed by atoms with Crippen LogP contribution in [0.5, 0.6) is 11.5 Å². The lowest BCUT2D eigenvalue weighted by atomic mass is 10.2. The molecule has 3 rings (SSSR count). The minimum Gasteiger partial charge on any atom is -0.496 e. The molecule has 0 aliphatic carbocycles. The van der Waals surface area contributed by atoms with Crippen molar-refractivity contribution in [3.63, 3.8) is 0 Å². The van der Waals surface area contributed by atoms with E-state index in [0.717, 1.165) is 11.3 Å². The van der Waals surface area contributed by atoms with E-state index in [1.165, 1.54) is 0 Å². The molecule has 0 saturated heterocycles. The Bertz CT molecular complexity index is 880. The maximum absolute atomic E-state index is 11.9. The van der Waals surface area contributed by atoms with Crippen molar-refractivity contribution in [1.82, 2.24) is 15.5 Å². The molecule has 0 spiro atoms. The molecule has 0 atom stereocenters. The number of benzene rings is 2. The van der Waals surface area contributed by atoms with E-state index in [-0.39, 0.29) is 5.91 Å². The Morgan fingerprint density at radius 1 is 1.11 bits per heavy atom. The van der Waals surface area contributed by atoms with E-state index in [2.05, 4.69) is 15.5 Å². The van der Waals surface area contributed by atoms with E-state index in [1.807, 2.05) is 54.6 Å². The van der Waals surface area contributed by atoms with Crippen LogP contribution in [0.1, 0.15) is 18.7 Å². The van der Waals surface area contributed by atoms with Gasteiger partial charge in [-0.25, -0.2) is 0 Å². The molecule has 7 heteroatoms. The molecule has 3 aromatic rings. The van der Waals surface area contributed by atoms with Crippen molar-refractivity contribution in [2.24, 2.45) is 0 Å². The Kier molecular flexibility index (Phi) is 7.01. The van der Waals surface area contributed by atoms with Crippen molar-refractivity contribution in [3.05, 3.63) is 60.5 Å². The molecule has 2 aromatic carbocycles. The lowest BCUT2D eigenvalue weighted by molar-refractivity contribution is -0.121. The lowest BCUT2D eigenvalue weighted by Gasteiger charge is -2.06. The standard InChI is InChI=1S/C21H23N3O4/c1-26-18-11-6-5-10-17(18)21-23-20(28-24-21)13-14-22-19(25)12-7-15-27-16-8-3-2-4-9-16/h2-6,8-11H,7,12-15H2,1H3,(H,22,25). The van der Waals surface area contributed by atoms with Gasteiger partial charge in [-0.3, -0.25) is 4.79 Å². The quantitative estimate of drug-likeness (QED) is 0.543. The van der Waals surface area contributed by atoms with Crippen molar-refractivity contribution in [2.45, 2.75) is 19.3 Å². The van der Waals surface area contributed by atoms with Crippen molar-refractivity contribution < 1.29 is 18.8 Å². The van der Waals surface area contributed by atoms with Crippen molar-refractivity contribution in [3.8, 4) is 22.9 Å². The van der Waals surface area contributed by atoms with Gasteiger partial charge in [0.2, 0.25) is 17.6 Å². The maximum Gasteiger partial charge on any atom is 0.228 e. The van der Waals surface area contributed by atoms with Gasteiger partial charge >= 0.3 is 0 Å². The molecule has 7 nitrogen and oxygen atoms in total. The SMILES string of the molecule is COc1ccccc1-c1noc(CCNC(=O)CCCOc2ccccc2)n1. The van der Waals surface area contributed by atoms with Gasteiger partial charge in [0.25, 0.3) is 0 Å². The Balaban J connectivity index is 1.37. The molecule has 1 aromatic heterocycles. The number of aromatic nitrogens is 2. The number of nitrogens with zero attached hydrogens (tertiary/aromatic N) is 2. The molecule has 0 bridgehead atoms. The number of rotatable bonds is 10. The summed E-state index contributed by atoms with van der Waals surface area (Å²) in [6.45, 7) is 0.940. The number of nitrogens with one attached hydrogen (secondary N) is 1. The normalized spacial score (nSPS) is 10.5. The van der Waals surface area contributed by atoms with Crippen LogP contribution >= 0.6 is 0 Å². The number of amides is 1. The molecular formula is C21H23N3O4. The summed E-state index contributed by atoms with van der Waals surface area (Å²) in [4.78, 5) is 16.3. The summed E-state index contributed by atoms with van der Waals surface area (Å²) in [7, 11) is 1.60. The number of methoxy groups -OCH3 is 1. The highest BCUT2D eigenvalue weighted by molar-refractivity contribution is 5.75. The second-order valence-corrected chi connectivity index (χ2v) is 6.08.